The Balaban J connectivity index is 2.02. The Morgan fingerprint density at radius 1 is 1.07 bits per heavy atom. The average Bonchev–Trinajstić information content (AvgIpc) is 3.10. The molecule has 0 spiro atoms. The molecule has 0 saturated carbocycles. The fourth-order valence-electron chi connectivity index (χ4n) is 3.50. The van der Waals surface area contributed by atoms with Crippen LogP contribution >= 0.6 is 0 Å². The topological polar surface area (TPSA) is 53.4 Å². The Hall–Kier alpha value is -3.34. The molecule has 0 saturated heterocycles. The van der Waals surface area contributed by atoms with Gasteiger partial charge in [-0.25, -0.2) is 0 Å². The predicted octanol–water partition coefficient (Wildman–Crippen LogP) is 4.46. The van der Waals surface area contributed by atoms with Crippen molar-refractivity contribution in [3.05, 3.63) is 66.5 Å². The first kappa shape index (κ1) is 17.1. The second-order valence-corrected chi connectivity index (χ2v) is 6.43. The highest BCUT2D eigenvalue weighted by Crippen LogP contribution is 2.34. The van der Waals surface area contributed by atoms with E-state index < -0.39 is 0 Å². The number of methoxy groups -OCH3 is 2. The van der Waals surface area contributed by atoms with Gasteiger partial charge >= 0.3 is 5.97 Å². The zero-order valence-corrected chi connectivity index (χ0v) is 15.5. The van der Waals surface area contributed by atoms with Crippen LogP contribution in [0, 0.1) is 0 Å². The molecule has 0 bridgehead atoms. The van der Waals surface area contributed by atoms with Crippen LogP contribution in [0.2, 0.25) is 0 Å². The van der Waals surface area contributed by atoms with Gasteiger partial charge in [0.1, 0.15) is 5.75 Å². The van der Waals surface area contributed by atoms with E-state index in [0.717, 1.165) is 38.8 Å². The van der Waals surface area contributed by atoms with Gasteiger partial charge in [0.05, 0.1) is 36.9 Å². The summed E-state index contributed by atoms with van der Waals surface area (Å²) in [7, 11) is 3.05. The van der Waals surface area contributed by atoms with Crippen LogP contribution in [0.3, 0.4) is 0 Å². The van der Waals surface area contributed by atoms with Crippen molar-refractivity contribution < 1.29 is 14.3 Å². The number of carbonyl (C=O) groups is 1. The third-order valence-corrected chi connectivity index (χ3v) is 4.95. The lowest BCUT2D eigenvalue weighted by Crippen LogP contribution is -2.10. The second-order valence-electron chi connectivity index (χ2n) is 6.43. The summed E-state index contributed by atoms with van der Waals surface area (Å²) >= 11 is 0. The summed E-state index contributed by atoms with van der Waals surface area (Å²) in [6, 6.07) is 15.9. The lowest BCUT2D eigenvalue weighted by molar-refractivity contribution is -0.141. The van der Waals surface area contributed by atoms with Crippen molar-refractivity contribution in [1.29, 1.82) is 0 Å². The molecule has 27 heavy (non-hydrogen) atoms. The molecule has 0 fully saturated rings. The largest absolute Gasteiger partial charge is 0.497 e. The van der Waals surface area contributed by atoms with Gasteiger partial charge in [0.2, 0.25) is 0 Å². The van der Waals surface area contributed by atoms with E-state index in [9.17, 15) is 4.79 Å². The van der Waals surface area contributed by atoms with Gasteiger partial charge in [0, 0.05) is 23.2 Å². The normalized spacial score (nSPS) is 12.3. The van der Waals surface area contributed by atoms with Crippen LogP contribution < -0.4 is 4.74 Å². The molecule has 1 unspecified atom stereocenters. The van der Waals surface area contributed by atoms with Crippen LogP contribution in [0.25, 0.3) is 27.5 Å². The Morgan fingerprint density at radius 2 is 1.89 bits per heavy atom. The number of nitrogens with zero attached hydrogens (tertiary/aromatic N) is 2. The molecule has 5 heteroatoms. The number of hydrogen-bond acceptors (Lipinski definition) is 4. The van der Waals surface area contributed by atoms with E-state index in [1.165, 1.54) is 7.11 Å². The minimum absolute atomic E-state index is 0.267. The lowest BCUT2D eigenvalue weighted by atomic mass is 10.0. The monoisotopic (exact) mass is 360 g/mol. The van der Waals surface area contributed by atoms with Gasteiger partial charge in [0.25, 0.3) is 0 Å². The van der Waals surface area contributed by atoms with E-state index in [1.807, 2.05) is 55.6 Å². The molecule has 0 aliphatic carbocycles. The van der Waals surface area contributed by atoms with Gasteiger partial charge in [-0.3, -0.25) is 9.78 Å². The predicted molar refractivity (Wildman–Crippen MR) is 106 cm³/mol. The van der Waals surface area contributed by atoms with E-state index in [1.54, 1.807) is 13.3 Å². The van der Waals surface area contributed by atoms with Crippen molar-refractivity contribution in [3.63, 3.8) is 0 Å². The van der Waals surface area contributed by atoms with Crippen molar-refractivity contribution in [2.45, 2.75) is 12.8 Å². The first-order valence-corrected chi connectivity index (χ1v) is 8.75. The zero-order valence-electron chi connectivity index (χ0n) is 15.5. The third-order valence-electron chi connectivity index (χ3n) is 4.95. The highest BCUT2D eigenvalue weighted by molar-refractivity contribution is 5.95. The number of para-hydroxylation sites is 1. The van der Waals surface area contributed by atoms with Gasteiger partial charge in [-0.2, -0.15) is 0 Å². The van der Waals surface area contributed by atoms with E-state index in [-0.39, 0.29) is 11.9 Å². The summed E-state index contributed by atoms with van der Waals surface area (Å²) in [5.74, 6) is 0.0913. The maximum Gasteiger partial charge on any atom is 0.312 e. The highest BCUT2D eigenvalue weighted by atomic mass is 16.5. The van der Waals surface area contributed by atoms with Crippen molar-refractivity contribution in [3.8, 4) is 11.4 Å². The quantitative estimate of drug-likeness (QED) is 0.504. The minimum Gasteiger partial charge on any atom is -0.497 e. The molecule has 5 nitrogen and oxygen atoms in total. The maximum absolute atomic E-state index is 12.2. The van der Waals surface area contributed by atoms with Gasteiger partial charge < -0.3 is 14.0 Å². The lowest BCUT2D eigenvalue weighted by Gasteiger charge is -2.09. The molecular weight excluding hydrogens is 340 g/mol. The molecule has 2 aromatic heterocycles. The highest BCUT2D eigenvalue weighted by Gasteiger charge is 2.22. The molecular formula is C22H20N2O3. The molecule has 0 aliphatic rings. The summed E-state index contributed by atoms with van der Waals surface area (Å²) < 4.78 is 12.5. The van der Waals surface area contributed by atoms with Crippen molar-refractivity contribution in [2.75, 3.05) is 14.2 Å². The van der Waals surface area contributed by atoms with Gasteiger partial charge in [-0.05, 0) is 42.8 Å². The smallest absolute Gasteiger partial charge is 0.312 e. The SMILES string of the molecule is COC(=O)C(C)c1cn(-c2ccnc3ccccc23)c2ccc(OC)cc12. The molecule has 0 N–H and O–H groups in total. The Kier molecular flexibility index (Phi) is 4.28. The van der Waals surface area contributed by atoms with Crippen LogP contribution in [-0.4, -0.2) is 29.7 Å². The molecule has 4 aromatic rings. The molecule has 1 atom stereocenters. The molecule has 4 rings (SSSR count). The minimum atomic E-state index is -0.390. The number of carbonyl (C=O) groups excluding carboxylic acids is 1. The Labute approximate surface area is 157 Å². The average molecular weight is 360 g/mol. The van der Waals surface area contributed by atoms with Crippen LogP contribution in [-0.2, 0) is 9.53 Å². The van der Waals surface area contributed by atoms with E-state index in [2.05, 4.69) is 15.6 Å². The number of esters is 1. The van der Waals surface area contributed by atoms with Crippen molar-refractivity contribution in [2.24, 2.45) is 0 Å². The van der Waals surface area contributed by atoms with Crippen LogP contribution in [0.1, 0.15) is 18.4 Å². The number of pyridine rings is 1. The molecule has 136 valence electrons. The van der Waals surface area contributed by atoms with Crippen LogP contribution in [0.15, 0.2) is 60.9 Å². The molecule has 2 heterocycles. The first-order chi connectivity index (χ1) is 13.1. The van der Waals surface area contributed by atoms with E-state index in [4.69, 9.17) is 9.47 Å². The fraction of sp³-hybridized carbons (Fsp3) is 0.182. The van der Waals surface area contributed by atoms with Gasteiger partial charge in [-0.15, -0.1) is 0 Å². The molecule has 0 aliphatic heterocycles. The number of rotatable bonds is 4. The number of aromatic nitrogens is 2. The van der Waals surface area contributed by atoms with Crippen molar-refractivity contribution >= 4 is 27.8 Å². The van der Waals surface area contributed by atoms with E-state index >= 15 is 0 Å². The third kappa shape index (κ3) is 2.81. The van der Waals surface area contributed by atoms with Gasteiger partial charge in [-0.1, -0.05) is 18.2 Å². The number of hydrogen-bond donors (Lipinski definition) is 0. The van der Waals surface area contributed by atoms with Crippen molar-refractivity contribution in [1.82, 2.24) is 9.55 Å². The maximum atomic E-state index is 12.2. The summed E-state index contributed by atoms with van der Waals surface area (Å²) in [5, 5.41) is 2.01. The Morgan fingerprint density at radius 3 is 2.67 bits per heavy atom. The van der Waals surface area contributed by atoms with Crippen LogP contribution in [0.4, 0.5) is 0 Å². The number of fused-ring (bicyclic) bond motifs is 2. The second kappa shape index (κ2) is 6.76. The number of benzene rings is 2. The summed E-state index contributed by atoms with van der Waals surface area (Å²) in [4.78, 5) is 16.6. The Bertz CT molecular complexity index is 1140. The molecule has 0 radical (unpaired) electrons. The summed E-state index contributed by atoms with van der Waals surface area (Å²) in [6.07, 6.45) is 3.81. The summed E-state index contributed by atoms with van der Waals surface area (Å²) in [5.41, 5.74) is 3.83. The first-order valence-electron chi connectivity index (χ1n) is 8.75. The standard InChI is InChI=1S/C22H20N2O3/c1-14(22(25)27-3)18-13-24(20-9-8-15(26-2)12-17(18)20)21-10-11-23-19-7-5-4-6-16(19)21/h4-14H,1-3H3. The number of ether oxygens (including phenoxy) is 2. The zero-order chi connectivity index (χ0) is 19.0. The fourth-order valence-corrected chi connectivity index (χ4v) is 3.50. The van der Waals surface area contributed by atoms with E-state index in [0.29, 0.717) is 0 Å². The molecule has 2 aromatic carbocycles. The summed E-state index contributed by atoms with van der Waals surface area (Å²) in [6.45, 7) is 1.86. The van der Waals surface area contributed by atoms with Crippen LogP contribution in [0.5, 0.6) is 5.75 Å². The molecule has 0 amide bonds. The van der Waals surface area contributed by atoms with Gasteiger partial charge in [0.15, 0.2) is 0 Å².